The lowest BCUT2D eigenvalue weighted by atomic mass is 10.2. The molecule has 0 aromatic rings. The number of hydrogen-bond acceptors (Lipinski definition) is 1. The van der Waals surface area contributed by atoms with Crippen LogP contribution in [0.3, 0.4) is 0 Å². The Morgan fingerprint density at radius 3 is 2.55 bits per heavy atom. The molecule has 0 heterocycles. The van der Waals surface area contributed by atoms with E-state index in [0.717, 1.165) is 0 Å². The van der Waals surface area contributed by atoms with Crippen LogP contribution >= 0.6 is 11.6 Å². The van der Waals surface area contributed by atoms with Crippen LogP contribution < -0.4 is 0 Å². The summed E-state index contributed by atoms with van der Waals surface area (Å²) in [5, 5.41) is -3.73. The summed E-state index contributed by atoms with van der Waals surface area (Å²) in [6.07, 6.45) is 5.16. The van der Waals surface area contributed by atoms with Crippen molar-refractivity contribution in [3.63, 3.8) is 0 Å². The van der Waals surface area contributed by atoms with Gasteiger partial charge in [0, 0.05) is 12.8 Å². The van der Waals surface area contributed by atoms with Gasteiger partial charge in [0.1, 0.15) is 0 Å². The quantitative estimate of drug-likeness (QED) is 0.368. The summed E-state index contributed by atoms with van der Waals surface area (Å²) in [5.41, 5.74) is 0. The fraction of sp³-hybridized carbons (Fsp3) is 0.571. The second-order valence-corrected chi connectivity index (χ2v) is 2.45. The van der Waals surface area contributed by atoms with Crippen molar-refractivity contribution in [1.82, 2.24) is 0 Å². The molecule has 1 nitrogen and oxygen atoms in total. The molecular weight excluding hydrogens is 174 g/mol. The second-order valence-electron chi connectivity index (χ2n) is 1.98. The zero-order valence-corrected chi connectivity index (χ0v) is 6.50. The summed E-state index contributed by atoms with van der Waals surface area (Å²) in [6.45, 7) is 0. The first-order valence-corrected chi connectivity index (χ1v) is 3.39. The number of unbranched alkanes of at least 4 members (excludes halogenated alkanes) is 1. The zero-order valence-electron chi connectivity index (χ0n) is 5.74. The van der Waals surface area contributed by atoms with Gasteiger partial charge in [-0.3, -0.25) is 4.79 Å². The van der Waals surface area contributed by atoms with Crippen LogP contribution in [0, 0.1) is 12.3 Å². The number of halogens is 3. The molecular formula is C7H7ClF2O. The summed E-state index contributed by atoms with van der Waals surface area (Å²) in [7, 11) is 0. The Bertz CT molecular complexity index is 178. The van der Waals surface area contributed by atoms with Crippen LogP contribution in [0.2, 0.25) is 0 Å². The van der Waals surface area contributed by atoms with Gasteiger partial charge in [-0.1, -0.05) is 0 Å². The van der Waals surface area contributed by atoms with E-state index in [2.05, 4.69) is 17.5 Å². The van der Waals surface area contributed by atoms with Crippen LogP contribution in [0.1, 0.15) is 19.3 Å². The zero-order chi connectivity index (χ0) is 8.91. The third kappa shape index (κ3) is 4.74. The summed E-state index contributed by atoms with van der Waals surface area (Å²) in [5.74, 6) is 0.965. The lowest BCUT2D eigenvalue weighted by molar-refractivity contribution is -0.133. The predicted octanol–water partition coefficient (Wildman–Crippen LogP) is 2.19. The molecule has 11 heavy (non-hydrogen) atoms. The first kappa shape index (κ1) is 10.4. The van der Waals surface area contributed by atoms with Crippen LogP contribution in [0.5, 0.6) is 0 Å². The molecule has 0 radical (unpaired) electrons. The average molecular weight is 181 g/mol. The molecule has 0 amide bonds. The fourth-order valence-corrected chi connectivity index (χ4v) is 0.587. The van der Waals surface area contributed by atoms with Crippen molar-refractivity contribution in [2.45, 2.75) is 24.6 Å². The van der Waals surface area contributed by atoms with Crippen LogP contribution in [0.15, 0.2) is 0 Å². The SMILES string of the molecule is C#CCCCC(=O)C(F)(F)Cl. The highest BCUT2D eigenvalue weighted by molar-refractivity contribution is 6.32. The van der Waals surface area contributed by atoms with E-state index in [1.165, 1.54) is 0 Å². The van der Waals surface area contributed by atoms with Crippen molar-refractivity contribution < 1.29 is 13.6 Å². The van der Waals surface area contributed by atoms with E-state index < -0.39 is 11.2 Å². The molecule has 0 N–H and O–H groups in total. The highest BCUT2D eigenvalue weighted by Crippen LogP contribution is 2.22. The van der Waals surface area contributed by atoms with Crippen LogP contribution in [-0.4, -0.2) is 11.2 Å². The molecule has 0 aliphatic rings. The number of hydrogen-bond donors (Lipinski definition) is 0. The summed E-state index contributed by atoms with van der Waals surface area (Å²) < 4.78 is 23.8. The van der Waals surface area contributed by atoms with E-state index in [9.17, 15) is 13.6 Å². The maximum absolute atomic E-state index is 11.9. The monoisotopic (exact) mass is 180 g/mol. The van der Waals surface area contributed by atoms with Gasteiger partial charge in [0.25, 0.3) is 0 Å². The van der Waals surface area contributed by atoms with Gasteiger partial charge in [-0.05, 0) is 18.0 Å². The molecule has 0 atom stereocenters. The molecule has 0 saturated heterocycles. The molecule has 0 unspecified atom stereocenters. The number of Topliss-reactive ketones (excluding diaryl/α,β-unsaturated/α-hetero) is 1. The Labute approximate surface area is 68.7 Å². The molecule has 0 fully saturated rings. The molecule has 0 rings (SSSR count). The van der Waals surface area contributed by atoms with Gasteiger partial charge in [-0.25, -0.2) is 0 Å². The van der Waals surface area contributed by atoms with Crippen molar-refractivity contribution in [1.29, 1.82) is 0 Å². The Hall–Kier alpha value is -0.620. The summed E-state index contributed by atoms with van der Waals surface area (Å²) in [4.78, 5) is 10.4. The van der Waals surface area contributed by atoms with Crippen molar-refractivity contribution in [3.05, 3.63) is 0 Å². The largest absolute Gasteiger partial charge is 0.380 e. The number of carbonyl (C=O) groups excluding carboxylic acids is 1. The molecule has 0 saturated carbocycles. The minimum absolute atomic E-state index is 0.262. The van der Waals surface area contributed by atoms with Gasteiger partial charge in [0.15, 0.2) is 0 Å². The summed E-state index contributed by atoms with van der Waals surface area (Å²) in [6, 6.07) is 0. The van der Waals surface area contributed by atoms with Gasteiger partial charge in [0.2, 0.25) is 5.78 Å². The number of alkyl halides is 3. The Kier molecular flexibility index (Phi) is 4.06. The van der Waals surface area contributed by atoms with Crippen molar-refractivity contribution in [3.8, 4) is 12.3 Å². The number of ketones is 1. The fourth-order valence-electron chi connectivity index (χ4n) is 0.493. The molecule has 0 aliphatic carbocycles. The van der Waals surface area contributed by atoms with Gasteiger partial charge < -0.3 is 0 Å². The van der Waals surface area contributed by atoms with Gasteiger partial charge >= 0.3 is 5.38 Å². The van der Waals surface area contributed by atoms with Crippen LogP contribution in [0.4, 0.5) is 8.78 Å². The number of carbonyl (C=O) groups is 1. The van der Waals surface area contributed by atoms with Gasteiger partial charge in [-0.15, -0.1) is 12.3 Å². The second kappa shape index (κ2) is 4.30. The maximum atomic E-state index is 11.9. The third-order valence-corrected chi connectivity index (χ3v) is 1.25. The van der Waals surface area contributed by atoms with Crippen LogP contribution in [0.25, 0.3) is 0 Å². The number of rotatable bonds is 4. The lowest BCUT2D eigenvalue weighted by Crippen LogP contribution is -2.20. The van der Waals surface area contributed by atoms with Crippen molar-refractivity contribution in [2.75, 3.05) is 0 Å². The highest BCUT2D eigenvalue weighted by atomic mass is 35.5. The maximum Gasteiger partial charge on any atom is 0.380 e. The molecule has 0 aromatic carbocycles. The number of terminal acetylenes is 1. The highest BCUT2D eigenvalue weighted by Gasteiger charge is 2.34. The van der Waals surface area contributed by atoms with Crippen LogP contribution in [-0.2, 0) is 4.79 Å². The van der Waals surface area contributed by atoms with E-state index in [0.29, 0.717) is 6.42 Å². The summed E-state index contributed by atoms with van der Waals surface area (Å²) >= 11 is 4.43. The van der Waals surface area contributed by atoms with E-state index >= 15 is 0 Å². The van der Waals surface area contributed by atoms with Crippen molar-refractivity contribution in [2.24, 2.45) is 0 Å². The minimum atomic E-state index is -3.73. The topological polar surface area (TPSA) is 17.1 Å². The molecule has 0 bridgehead atoms. The van der Waals surface area contributed by atoms with E-state index in [1.54, 1.807) is 0 Å². The lowest BCUT2D eigenvalue weighted by Gasteiger charge is -2.03. The molecule has 0 spiro atoms. The first-order chi connectivity index (χ1) is 4.98. The van der Waals surface area contributed by atoms with Gasteiger partial charge in [0.05, 0.1) is 0 Å². The van der Waals surface area contributed by atoms with E-state index in [1.807, 2.05) is 0 Å². The van der Waals surface area contributed by atoms with Gasteiger partial charge in [-0.2, -0.15) is 8.78 Å². The minimum Gasteiger partial charge on any atom is -0.291 e. The molecule has 4 heteroatoms. The molecule has 62 valence electrons. The Morgan fingerprint density at radius 1 is 1.64 bits per heavy atom. The van der Waals surface area contributed by atoms with E-state index in [-0.39, 0.29) is 12.8 Å². The average Bonchev–Trinajstić information content (AvgIpc) is 1.86. The normalized spacial score (nSPS) is 10.7. The Balaban J connectivity index is 3.64. The van der Waals surface area contributed by atoms with Crippen molar-refractivity contribution >= 4 is 17.4 Å². The smallest absolute Gasteiger partial charge is 0.291 e. The Morgan fingerprint density at radius 2 is 2.18 bits per heavy atom. The molecule has 0 aromatic heterocycles. The standard InChI is InChI=1S/C7H7ClF2O/c1-2-3-4-5-6(11)7(8,9)10/h1H,3-5H2. The first-order valence-electron chi connectivity index (χ1n) is 3.02. The molecule has 0 aliphatic heterocycles. The van der Waals surface area contributed by atoms with E-state index in [4.69, 9.17) is 6.42 Å². The third-order valence-electron chi connectivity index (χ3n) is 1.04. The predicted molar refractivity (Wildman–Crippen MR) is 38.5 cm³/mol.